The summed E-state index contributed by atoms with van der Waals surface area (Å²) in [7, 11) is 1.65. The number of nitrogens with zero attached hydrogens (tertiary/aromatic N) is 2. The number of hydrogen-bond donors (Lipinski definition) is 0. The first-order valence-corrected chi connectivity index (χ1v) is 4.29. The summed E-state index contributed by atoms with van der Waals surface area (Å²) in [5.74, 6) is 0.852. The third kappa shape index (κ3) is 1.71. The third-order valence-corrected chi connectivity index (χ3v) is 1.98. The van der Waals surface area contributed by atoms with Crippen molar-refractivity contribution in [2.45, 2.75) is 0 Å². The molecule has 70 valence electrons. The van der Waals surface area contributed by atoms with Crippen LogP contribution < -0.4 is 4.74 Å². The SMILES string of the molecule is COc1ccc(-c2cncnc2)cc1. The maximum absolute atomic E-state index is 5.07. The van der Waals surface area contributed by atoms with Crippen LogP contribution in [0.1, 0.15) is 0 Å². The van der Waals surface area contributed by atoms with E-state index in [4.69, 9.17) is 4.74 Å². The van der Waals surface area contributed by atoms with E-state index in [1.807, 2.05) is 24.3 Å². The summed E-state index contributed by atoms with van der Waals surface area (Å²) >= 11 is 0. The molecule has 0 aliphatic rings. The van der Waals surface area contributed by atoms with E-state index in [0.29, 0.717) is 0 Å². The zero-order chi connectivity index (χ0) is 9.80. The molecule has 0 fully saturated rings. The molecule has 2 rings (SSSR count). The average molecular weight is 186 g/mol. The quantitative estimate of drug-likeness (QED) is 0.720. The van der Waals surface area contributed by atoms with Crippen molar-refractivity contribution in [2.75, 3.05) is 7.11 Å². The Morgan fingerprint density at radius 3 is 2.14 bits per heavy atom. The highest BCUT2D eigenvalue weighted by Crippen LogP contribution is 2.20. The largest absolute Gasteiger partial charge is 0.497 e. The van der Waals surface area contributed by atoms with Crippen LogP contribution in [0.2, 0.25) is 0 Å². The van der Waals surface area contributed by atoms with Gasteiger partial charge < -0.3 is 4.74 Å². The second kappa shape index (κ2) is 3.87. The Bertz CT molecular complexity index is 397. The molecule has 0 bridgehead atoms. The average Bonchev–Trinajstić information content (AvgIpc) is 2.30. The molecule has 2 aromatic rings. The molecule has 0 amide bonds. The minimum absolute atomic E-state index is 0.852. The van der Waals surface area contributed by atoms with Crippen molar-refractivity contribution in [1.29, 1.82) is 0 Å². The van der Waals surface area contributed by atoms with Gasteiger partial charge in [0.25, 0.3) is 0 Å². The molecule has 0 spiro atoms. The van der Waals surface area contributed by atoms with E-state index in [0.717, 1.165) is 16.9 Å². The molecule has 0 N–H and O–H groups in total. The van der Waals surface area contributed by atoms with Gasteiger partial charge in [0.05, 0.1) is 7.11 Å². The Kier molecular flexibility index (Phi) is 2.40. The van der Waals surface area contributed by atoms with Gasteiger partial charge in [0, 0.05) is 18.0 Å². The van der Waals surface area contributed by atoms with E-state index >= 15 is 0 Å². The molecule has 1 heterocycles. The lowest BCUT2D eigenvalue weighted by atomic mass is 10.1. The normalized spacial score (nSPS) is 9.79. The summed E-state index contributed by atoms with van der Waals surface area (Å²) in [4.78, 5) is 7.92. The van der Waals surface area contributed by atoms with Gasteiger partial charge in [-0.1, -0.05) is 12.1 Å². The zero-order valence-corrected chi connectivity index (χ0v) is 7.84. The lowest BCUT2D eigenvalue weighted by Crippen LogP contribution is -1.84. The van der Waals surface area contributed by atoms with Crippen LogP contribution in [0.15, 0.2) is 43.0 Å². The fraction of sp³-hybridized carbons (Fsp3) is 0.0909. The smallest absolute Gasteiger partial charge is 0.118 e. The molecule has 0 aliphatic carbocycles. The lowest BCUT2D eigenvalue weighted by molar-refractivity contribution is 0.415. The molecule has 14 heavy (non-hydrogen) atoms. The van der Waals surface area contributed by atoms with E-state index in [2.05, 4.69) is 9.97 Å². The Morgan fingerprint density at radius 1 is 0.929 bits per heavy atom. The van der Waals surface area contributed by atoms with Crippen LogP contribution in [-0.4, -0.2) is 17.1 Å². The lowest BCUT2D eigenvalue weighted by Gasteiger charge is -2.02. The van der Waals surface area contributed by atoms with E-state index < -0.39 is 0 Å². The fourth-order valence-corrected chi connectivity index (χ4v) is 1.23. The van der Waals surface area contributed by atoms with Crippen molar-refractivity contribution in [3.8, 4) is 16.9 Å². The van der Waals surface area contributed by atoms with Crippen LogP contribution in [0.25, 0.3) is 11.1 Å². The summed E-state index contributed by atoms with van der Waals surface area (Å²) in [6.07, 6.45) is 5.09. The van der Waals surface area contributed by atoms with Gasteiger partial charge in [-0.2, -0.15) is 0 Å². The highest BCUT2D eigenvalue weighted by atomic mass is 16.5. The highest BCUT2D eigenvalue weighted by Gasteiger charge is 1.97. The molecule has 0 unspecified atom stereocenters. The second-order valence-electron chi connectivity index (χ2n) is 2.86. The Hall–Kier alpha value is -1.90. The van der Waals surface area contributed by atoms with Gasteiger partial charge in [-0.25, -0.2) is 9.97 Å². The molecule has 0 saturated heterocycles. The molecule has 0 radical (unpaired) electrons. The molecule has 0 aliphatic heterocycles. The van der Waals surface area contributed by atoms with Crippen LogP contribution in [0.5, 0.6) is 5.75 Å². The maximum Gasteiger partial charge on any atom is 0.118 e. The zero-order valence-electron chi connectivity index (χ0n) is 7.84. The fourth-order valence-electron chi connectivity index (χ4n) is 1.23. The Labute approximate surface area is 82.4 Å². The highest BCUT2D eigenvalue weighted by molar-refractivity contribution is 5.61. The van der Waals surface area contributed by atoms with Crippen LogP contribution in [0.4, 0.5) is 0 Å². The van der Waals surface area contributed by atoms with Gasteiger partial charge in [0.2, 0.25) is 0 Å². The van der Waals surface area contributed by atoms with Crippen molar-refractivity contribution < 1.29 is 4.74 Å². The van der Waals surface area contributed by atoms with E-state index in [1.165, 1.54) is 6.33 Å². The first kappa shape index (κ1) is 8.69. The van der Waals surface area contributed by atoms with Crippen molar-refractivity contribution in [3.63, 3.8) is 0 Å². The number of rotatable bonds is 2. The van der Waals surface area contributed by atoms with Crippen LogP contribution in [0, 0.1) is 0 Å². The topological polar surface area (TPSA) is 35.0 Å². The molecule has 1 aromatic carbocycles. The third-order valence-electron chi connectivity index (χ3n) is 1.98. The van der Waals surface area contributed by atoms with Gasteiger partial charge >= 0.3 is 0 Å². The van der Waals surface area contributed by atoms with E-state index in [9.17, 15) is 0 Å². The van der Waals surface area contributed by atoms with Gasteiger partial charge in [-0.05, 0) is 17.7 Å². The molecule has 3 heteroatoms. The molecule has 1 aromatic heterocycles. The van der Waals surface area contributed by atoms with Crippen molar-refractivity contribution in [2.24, 2.45) is 0 Å². The van der Waals surface area contributed by atoms with Gasteiger partial charge in [-0.15, -0.1) is 0 Å². The number of methoxy groups -OCH3 is 1. The number of benzene rings is 1. The molecule has 0 atom stereocenters. The van der Waals surface area contributed by atoms with Crippen molar-refractivity contribution in [3.05, 3.63) is 43.0 Å². The molecular weight excluding hydrogens is 176 g/mol. The minimum Gasteiger partial charge on any atom is -0.497 e. The Balaban J connectivity index is 2.34. The van der Waals surface area contributed by atoms with Crippen LogP contribution >= 0.6 is 0 Å². The first-order chi connectivity index (χ1) is 6.90. The van der Waals surface area contributed by atoms with Crippen LogP contribution in [-0.2, 0) is 0 Å². The van der Waals surface area contributed by atoms with E-state index in [-0.39, 0.29) is 0 Å². The first-order valence-electron chi connectivity index (χ1n) is 4.29. The van der Waals surface area contributed by atoms with Gasteiger partial charge in [-0.3, -0.25) is 0 Å². The van der Waals surface area contributed by atoms with Crippen molar-refractivity contribution >= 4 is 0 Å². The summed E-state index contributed by atoms with van der Waals surface area (Å²) in [6.45, 7) is 0. The number of aromatic nitrogens is 2. The second-order valence-corrected chi connectivity index (χ2v) is 2.86. The summed E-state index contributed by atoms with van der Waals surface area (Å²) < 4.78 is 5.07. The molecule has 0 saturated carbocycles. The number of ether oxygens (including phenoxy) is 1. The monoisotopic (exact) mass is 186 g/mol. The Morgan fingerprint density at radius 2 is 1.57 bits per heavy atom. The number of hydrogen-bond acceptors (Lipinski definition) is 3. The standard InChI is InChI=1S/C11H10N2O/c1-14-11-4-2-9(3-5-11)10-6-12-8-13-7-10/h2-8H,1H3. The summed E-state index contributed by atoms with van der Waals surface area (Å²) in [5.41, 5.74) is 2.10. The van der Waals surface area contributed by atoms with Gasteiger partial charge in [0.15, 0.2) is 0 Å². The predicted molar refractivity (Wildman–Crippen MR) is 54.0 cm³/mol. The van der Waals surface area contributed by atoms with Gasteiger partial charge in [0.1, 0.15) is 12.1 Å². The maximum atomic E-state index is 5.07. The predicted octanol–water partition coefficient (Wildman–Crippen LogP) is 2.15. The summed E-state index contributed by atoms with van der Waals surface area (Å²) in [5, 5.41) is 0. The van der Waals surface area contributed by atoms with E-state index in [1.54, 1.807) is 19.5 Å². The summed E-state index contributed by atoms with van der Waals surface area (Å²) in [6, 6.07) is 7.81. The minimum atomic E-state index is 0.852. The van der Waals surface area contributed by atoms with Crippen molar-refractivity contribution in [1.82, 2.24) is 9.97 Å². The molecular formula is C11H10N2O. The molecule has 3 nitrogen and oxygen atoms in total. The van der Waals surface area contributed by atoms with Crippen LogP contribution in [0.3, 0.4) is 0 Å².